The summed E-state index contributed by atoms with van der Waals surface area (Å²) >= 11 is 0. The molecule has 14 heavy (non-hydrogen) atoms. The number of carbonyl (C=O) groups is 1. The molecule has 0 aromatic carbocycles. The molecule has 1 N–H and O–H groups in total. The first kappa shape index (κ1) is 9.93. The van der Waals surface area contributed by atoms with Gasteiger partial charge in [-0.05, 0) is 12.8 Å². The lowest BCUT2D eigenvalue weighted by atomic mass is 9.99. The topological polar surface area (TPSA) is 41.6 Å². The lowest BCUT2D eigenvalue weighted by molar-refractivity contribution is -0.141. The monoisotopic (exact) mass is 198 g/mol. The maximum atomic E-state index is 12.0. The van der Waals surface area contributed by atoms with E-state index in [1.807, 2.05) is 11.9 Å². The summed E-state index contributed by atoms with van der Waals surface area (Å²) in [5.74, 6) is 0.366. The summed E-state index contributed by atoms with van der Waals surface area (Å²) in [6.07, 6.45) is 2.01. The Kier molecular flexibility index (Phi) is 3.03. The third-order valence-corrected chi connectivity index (χ3v) is 3.16. The summed E-state index contributed by atoms with van der Waals surface area (Å²) < 4.78 is 5.32. The SMILES string of the molecule is CN(C(=O)C1CCCOC1)C1CNC1. The van der Waals surface area contributed by atoms with Crippen molar-refractivity contribution in [3.8, 4) is 0 Å². The zero-order valence-corrected chi connectivity index (χ0v) is 8.66. The van der Waals surface area contributed by atoms with E-state index in [1.54, 1.807) is 0 Å². The molecular weight excluding hydrogens is 180 g/mol. The summed E-state index contributed by atoms with van der Waals surface area (Å²) in [5.41, 5.74) is 0. The Morgan fingerprint density at radius 1 is 1.50 bits per heavy atom. The van der Waals surface area contributed by atoms with Gasteiger partial charge in [0.15, 0.2) is 0 Å². The van der Waals surface area contributed by atoms with Gasteiger partial charge >= 0.3 is 0 Å². The van der Waals surface area contributed by atoms with E-state index >= 15 is 0 Å². The van der Waals surface area contributed by atoms with Crippen molar-refractivity contribution < 1.29 is 9.53 Å². The third-order valence-electron chi connectivity index (χ3n) is 3.16. The number of nitrogens with one attached hydrogen (secondary N) is 1. The van der Waals surface area contributed by atoms with Gasteiger partial charge in [-0.1, -0.05) is 0 Å². The van der Waals surface area contributed by atoms with E-state index in [2.05, 4.69) is 5.32 Å². The summed E-state index contributed by atoms with van der Waals surface area (Å²) in [4.78, 5) is 13.8. The van der Waals surface area contributed by atoms with Crippen molar-refractivity contribution >= 4 is 5.91 Å². The number of carbonyl (C=O) groups excluding carboxylic acids is 1. The van der Waals surface area contributed by atoms with E-state index < -0.39 is 0 Å². The highest BCUT2D eigenvalue weighted by atomic mass is 16.5. The highest BCUT2D eigenvalue weighted by Crippen LogP contribution is 2.17. The van der Waals surface area contributed by atoms with Crippen LogP contribution in [0.3, 0.4) is 0 Å². The standard InChI is InChI=1S/C10H18N2O2/c1-12(9-5-11-6-9)10(13)8-3-2-4-14-7-8/h8-9,11H,2-7H2,1H3. The van der Waals surface area contributed by atoms with Crippen molar-refractivity contribution in [2.75, 3.05) is 33.4 Å². The molecule has 2 aliphatic rings. The minimum atomic E-state index is 0.106. The quantitative estimate of drug-likeness (QED) is 0.670. The molecule has 2 heterocycles. The molecule has 0 bridgehead atoms. The number of hydrogen-bond donors (Lipinski definition) is 1. The van der Waals surface area contributed by atoms with E-state index in [4.69, 9.17) is 4.74 Å². The Bertz CT molecular complexity index is 206. The molecule has 80 valence electrons. The molecule has 4 heteroatoms. The van der Waals surface area contributed by atoms with Crippen LogP contribution in [0.4, 0.5) is 0 Å². The predicted molar refractivity (Wildman–Crippen MR) is 53.0 cm³/mol. The maximum Gasteiger partial charge on any atom is 0.228 e. The van der Waals surface area contributed by atoms with E-state index in [9.17, 15) is 4.79 Å². The second-order valence-electron chi connectivity index (χ2n) is 4.18. The van der Waals surface area contributed by atoms with Crippen molar-refractivity contribution in [1.29, 1.82) is 0 Å². The van der Waals surface area contributed by atoms with Crippen molar-refractivity contribution in [3.05, 3.63) is 0 Å². The van der Waals surface area contributed by atoms with Gasteiger partial charge in [-0.25, -0.2) is 0 Å². The van der Waals surface area contributed by atoms with Crippen LogP contribution >= 0.6 is 0 Å². The second kappa shape index (κ2) is 4.28. The molecule has 0 aromatic heterocycles. The average molecular weight is 198 g/mol. The van der Waals surface area contributed by atoms with Crippen LogP contribution in [0.25, 0.3) is 0 Å². The van der Waals surface area contributed by atoms with Gasteiger partial charge in [0.25, 0.3) is 0 Å². The first-order chi connectivity index (χ1) is 6.79. The molecule has 1 amide bonds. The van der Waals surface area contributed by atoms with Crippen LogP contribution in [0, 0.1) is 5.92 Å². The molecule has 2 fully saturated rings. The molecular formula is C10H18N2O2. The molecule has 0 radical (unpaired) electrons. The number of ether oxygens (including phenoxy) is 1. The van der Waals surface area contributed by atoms with Crippen LogP contribution in [0.15, 0.2) is 0 Å². The molecule has 2 rings (SSSR count). The molecule has 0 aromatic rings. The highest BCUT2D eigenvalue weighted by Gasteiger charge is 2.30. The number of likely N-dealkylation sites (N-methyl/N-ethyl adjacent to an activating group) is 1. The van der Waals surface area contributed by atoms with Crippen LogP contribution in [0.5, 0.6) is 0 Å². The van der Waals surface area contributed by atoms with Gasteiger partial charge < -0.3 is 15.0 Å². The molecule has 0 spiro atoms. The fourth-order valence-electron chi connectivity index (χ4n) is 1.95. The van der Waals surface area contributed by atoms with Crippen LogP contribution in [-0.4, -0.2) is 50.2 Å². The first-order valence-corrected chi connectivity index (χ1v) is 5.34. The van der Waals surface area contributed by atoms with Crippen LogP contribution < -0.4 is 5.32 Å². The molecule has 0 aliphatic carbocycles. The Hall–Kier alpha value is -0.610. The van der Waals surface area contributed by atoms with Gasteiger partial charge in [0.1, 0.15) is 0 Å². The van der Waals surface area contributed by atoms with Crippen LogP contribution in [-0.2, 0) is 9.53 Å². The van der Waals surface area contributed by atoms with Gasteiger partial charge in [0, 0.05) is 26.7 Å². The first-order valence-electron chi connectivity index (χ1n) is 5.34. The zero-order chi connectivity index (χ0) is 9.97. The van der Waals surface area contributed by atoms with Crippen LogP contribution in [0.1, 0.15) is 12.8 Å². The van der Waals surface area contributed by atoms with Crippen molar-refractivity contribution in [2.45, 2.75) is 18.9 Å². The molecule has 1 unspecified atom stereocenters. The van der Waals surface area contributed by atoms with Gasteiger partial charge in [-0.3, -0.25) is 4.79 Å². The maximum absolute atomic E-state index is 12.0. The predicted octanol–water partition coefficient (Wildman–Crippen LogP) is -0.157. The number of amides is 1. The van der Waals surface area contributed by atoms with Crippen molar-refractivity contribution in [3.63, 3.8) is 0 Å². The lowest BCUT2D eigenvalue weighted by Crippen LogP contribution is -2.58. The van der Waals surface area contributed by atoms with E-state index in [-0.39, 0.29) is 11.8 Å². The molecule has 2 saturated heterocycles. The van der Waals surface area contributed by atoms with E-state index in [0.717, 1.165) is 32.5 Å². The minimum Gasteiger partial charge on any atom is -0.381 e. The fraction of sp³-hybridized carbons (Fsp3) is 0.900. The second-order valence-corrected chi connectivity index (χ2v) is 4.18. The largest absolute Gasteiger partial charge is 0.381 e. The van der Waals surface area contributed by atoms with Gasteiger partial charge in [-0.2, -0.15) is 0 Å². The summed E-state index contributed by atoms with van der Waals surface area (Å²) in [6, 6.07) is 0.407. The average Bonchev–Trinajstić information content (AvgIpc) is 2.15. The van der Waals surface area contributed by atoms with Crippen molar-refractivity contribution in [1.82, 2.24) is 10.2 Å². The molecule has 1 atom stereocenters. The Balaban J connectivity index is 1.85. The zero-order valence-electron chi connectivity index (χ0n) is 8.66. The summed E-state index contributed by atoms with van der Waals surface area (Å²) in [6.45, 7) is 3.31. The van der Waals surface area contributed by atoms with Gasteiger partial charge in [0.2, 0.25) is 5.91 Å². The Morgan fingerprint density at radius 2 is 2.29 bits per heavy atom. The summed E-state index contributed by atoms with van der Waals surface area (Å²) in [7, 11) is 1.91. The van der Waals surface area contributed by atoms with E-state index in [1.165, 1.54) is 0 Å². The molecule has 4 nitrogen and oxygen atoms in total. The van der Waals surface area contributed by atoms with Crippen LogP contribution in [0.2, 0.25) is 0 Å². The van der Waals surface area contributed by atoms with Gasteiger partial charge in [0.05, 0.1) is 18.6 Å². The molecule has 2 aliphatic heterocycles. The third kappa shape index (κ3) is 1.91. The van der Waals surface area contributed by atoms with E-state index in [0.29, 0.717) is 12.6 Å². The molecule has 0 saturated carbocycles. The minimum absolute atomic E-state index is 0.106. The highest BCUT2D eigenvalue weighted by molar-refractivity contribution is 5.79. The Morgan fingerprint density at radius 3 is 2.79 bits per heavy atom. The van der Waals surface area contributed by atoms with Crippen molar-refractivity contribution in [2.24, 2.45) is 5.92 Å². The normalized spacial score (nSPS) is 28.2. The summed E-state index contributed by atoms with van der Waals surface area (Å²) in [5, 5.41) is 3.17. The number of nitrogens with zero attached hydrogens (tertiary/aromatic N) is 1. The number of hydrogen-bond acceptors (Lipinski definition) is 3. The lowest BCUT2D eigenvalue weighted by Gasteiger charge is -2.38. The fourth-order valence-corrected chi connectivity index (χ4v) is 1.95. The Labute approximate surface area is 84.6 Å². The van der Waals surface area contributed by atoms with Gasteiger partial charge in [-0.15, -0.1) is 0 Å². The smallest absolute Gasteiger partial charge is 0.228 e. The number of rotatable bonds is 2.